The Morgan fingerprint density at radius 2 is 1.67 bits per heavy atom. The van der Waals surface area contributed by atoms with Gasteiger partial charge < -0.3 is 9.64 Å². The van der Waals surface area contributed by atoms with Gasteiger partial charge in [0.2, 0.25) is 0 Å². The summed E-state index contributed by atoms with van der Waals surface area (Å²) in [4.78, 5) is 2.28. The van der Waals surface area contributed by atoms with Crippen LogP contribution in [0.25, 0.3) is 0 Å². The Bertz CT molecular complexity index is 154. The highest BCUT2D eigenvalue weighted by molar-refractivity contribution is 4.85. The zero-order valence-corrected chi connectivity index (χ0v) is 11.6. The standard InChI is InChI=1S/C13H29NO/c1-11(2)8-13(10-15-7,12(3)4)9-14(5)6/h11-12H,8-10H2,1-7H3. The van der Waals surface area contributed by atoms with Crippen LogP contribution >= 0.6 is 0 Å². The summed E-state index contributed by atoms with van der Waals surface area (Å²) in [7, 11) is 6.10. The lowest BCUT2D eigenvalue weighted by atomic mass is 9.72. The molecule has 0 radical (unpaired) electrons. The van der Waals surface area contributed by atoms with Gasteiger partial charge in [-0.05, 0) is 32.4 Å². The summed E-state index contributed by atoms with van der Waals surface area (Å²) in [5.74, 6) is 1.38. The molecule has 0 saturated carbocycles. The fraction of sp³-hybridized carbons (Fsp3) is 1.00. The third-order valence-electron chi connectivity index (χ3n) is 3.10. The van der Waals surface area contributed by atoms with Gasteiger partial charge in [0.15, 0.2) is 0 Å². The smallest absolute Gasteiger partial charge is 0.0533 e. The second-order valence-corrected chi connectivity index (χ2v) is 5.79. The molecular formula is C13H29NO. The van der Waals surface area contributed by atoms with Crippen molar-refractivity contribution < 1.29 is 4.74 Å². The van der Waals surface area contributed by atoms with Gasteiger partial charge in [0.1, 0.15) is 0 Å². The molecule has 0 amide bonds. The van der Waals surface area contributed by atoms with E-state index in [2.05, 4.69) is 46.7 Å². The normalized spacial score (nSPS) is 16.4. The van der Waals surface area contributed by atoms with Crippen LogP contribution in [0, 0.1) is 17.3 Å². The summed E-state index contributed by atoms with van der Waals surface area (Å²) in [5.41, 5.74) is 0.298. The van der Waals surface area contributed by atoms with Crippen molar-refractivity contribution in [2.24, 2.45) is 17.3 Å². The second kappa shape index (κ2) is 6.49. The minimum atomic E-state index is 0.298. The Labute approximate surface area is 96.0 Å². The molecule has 0 aliphatic heterocycles. The van der Waals surface area contributed by atoms with Gasteiger partial charge in [0.05, 0.1) is 6.61 Å². The van der Waals surface area contributed by atoms with Crippen molar-refractivity contribution in [3.63, 3.8) is 0 Å². The first kappa shape index (κ1) is 14.9. The minimum absolute atomic E-state index is 0.298. The molecule has 0 aromatic heterocycles. The summed E-state index contributed by atoms with van der Waals surface area (Å²) in [6, 6.07) is 0. The van der Waals surface area contributed by atoms with Gasteiger partial charge in [0, 0.05) is 19.1 Å². The van der Waals surface area contributed by atoms with Crippen LogP contribution in [0.5, 0.6) is 0 Å². The third-order valence-corrected chi connectivity index (χ3v) is 3.10. The van der Waals surface area contributed by atoms with Crippen molar-refractivity contribution in [3.8, 4) is 0 Å². The Balaban J connectivity index is 4.72. The first-order valence-electron chi connectivity index (χ1n) is 5.97. The molecular weight excluding hydrogens is 186 g/mol. The van der Waals surface area contributed by atoms with E-state index in [0.717, 1.165) is 19.1 Å². The number of rotatable bonds is 7. The fourth-order valence-corrected chi connectivity index (χ4v) is 2.48. The molecule has 1 atom stereocenters. The van der Waals surface area contributed by atoms with Gasteiger partial charge in [-0.1, -0.05) is 27.7 Å². The molecule has 0 N–H and O–H groups in total. The van der Waals surface area contributed by atoms with Gasteiger partial charge in [-0.2, -0.15) is 0 Å². The van der Waals surface area contributed by atoms with E-state index >= 15 is 0 Å². The third kappa shape index (κ3) is 4.98. The van der Waals surface area contributed by atoms with Crippen molar-refractivity contribution in [1.82, 2.24) is 4.90 Å². The number of hydrogen-bond acceptors (Lipinski definition) is 2. The average Bonchev–Trinajstić information content (AvgIpc) is 2.01. The Morgan fingerprint density at radius 3 is 1.93 bits per heavy atom. The SMILES string of the molecule is COCC(CC(C)C)(CN(C)C)C(C)C. The van der Waals surface area contributed by atoms with Crippen LogP contribution in [0.15, 0.2) is 0 Å². The van der Waals surface area contributed by atoms with Crippen LogP contribution in [0.1, 0.15) is 34.1 Å². The van der Waals surface area contributed by atoms with Crippen LogP contribution in [0.3, 0.4) is 0 Å². The van der Waals surface area contributed by atoms with Crippen LogP contribution in [0.4, 0.5) is 0 Å². The topological polar surface area (TPSA) is 12.5 Å². The number of nitrogens with zero attached hydrogens (tertiary/aromatic N) is 1. The molecule has 0 aromatic rings. The van der Waals surface area contributed by atoms with E-state index in [1.807, 2.05) is 7.11 Å². The maximum absolute atomic E-state index is 5.44. The summed E-state index contributed by atoms with van der Waals surface area (Å²) in [5, 5.41) is 0. The summed E-state index contributed by atoms with van der Waals surface area (Å²) in [6.45, 7) is 11.2. The summed E-state index contributed by atoms with van der Waals surface area (Å²) >= 11 is 0. The van der Waals surface area contributed by atoms with Crippen LogP contribution < -0.4 is 0 Å². The van der Waals surface area contributed by atoms with Crippen molar-refractivity contribution in [2.45, 2.75) is 34.1 Å². The number of methoxy groups -OCH3 is 1. The van der Waals surface area contributed by atoms with E-state index in [1.165, 1.54) is 6.42 Å². The molecule has 0 aliphatic carbocycles. The van der Waals surface area contributed by atoms with Crippen LogP contribution in [-0.4, -0.2) is 39.3 Å². The molecule has 0 saturated heterocycles. The average molecular weight is 215 g/mol. The summed E-state index contributed by atoms with van der Waals surface area (Å²) < 4.78 is 5.44. The lowest BCUT2D eigenvalue weighted by molar-refractivity contribution is 0.00624. The molecule has 0 aliphatic rings. The molecule has 0 fully saturated rings. The lowest BCUT2D eigenvalue weighted by Gasteiger charge is -2.40. The zero-order chi connectivity index (χ0) is 12.1. The lowest BCUT2D eigenvalue weighted by Crippen LogP contribution is -2.42. The van der Waals surface area contributed by atoms with Gasteiger partial charge in [-0.15, -0.1) is 0 Å². The predicted octanol–water partition coefficient (Wildman–Crippen LogP) is 2.88. The molecule has 0 rings (SSSR count). The van der Waals surface area contributed by atoms with Gasteiger partial charge >= 0.3 is 0 Å². The van der Waals surface area contributed by atoms with Crippen LogP contribution in [0.2, 0.25) is 0 Å². The van der Waals surface area contributed by atoms with E-state index in [1.54, 1.807) is 0 Å². The molecule has 0 bridgehead atoms. The Morgan fingerprint density at radius 1 is 1.13 bits per heavy atom. The van der Waals surface area contributed by atoms with E-state index in [0.29, 0.717) is 11.3 Å². The Hall–Kier alpha value is -0.0800. The van der Waals surface area contributed by atoms with Crippen LogP contribution in [-0.2, 0) is 4.74 Å². The van der Waals surface area contributed by atoms with Crippen molar-refractivity contribution >= 4 is 0 Å². The quantitative estimate of drug-likeness (QED) is 0.647. The predicted molar refractivity (Wildman–Crippen MR) is 67.2 cm³/mol. The van der Waals surface area contributed by atoms with Gasteiger partial charge in [-0.25, -0.2) is 0 Å². The highest BCUT2D eigenvalue weighted by Gasteiger charge is 2.34. The number of hydrogen-bond donors (Lipinski definition) is 0. The van der Waals surface area contributed by atoms with E-state index < -0.39 is 0 Å². The first-order chi connectivity index (χ1) is 6.84. The highest BCUT2D eigenvalue weighted by Crippen LogP contribution is 2.35. The molecule has 15 heavy (non-hydrogen) atoms. The zero-order valence-electron chi connectivity index (χ0n) is 11.6. The van der Waals surface area contributed by atoms with Gasteiger partial charge in [0.25, 0.3) is 0 Å². The summed E-state index contributed by atoms with van der Waals surface area (Å²) in [6.07, 6.45) is 1.23. The van der Waals surface area contributed by atoms with Crippen molar-refractivity contribution in [1.29, 1.82) is 0 Å². The highest BCUT2D eigenvalue weighted by atomic mass is 16.5. The van der Waals surface area contributed by atoms with Gasteiger partial charge in [-0.3, -0.25) is 0 Å². The van der Waals surface area contributed by atoms with Crippen molar-refractivity contribution in [3.05, 3.63) is 0 Å². The fourth-order valence-electron chi connectivity index (χ4n) is 2.48. The Kier molecular flexibility index (Phi) is 6.46. The van der Waals surface area contributed by atoms with E-state index in [-0.39, 0.29) is 0 Å². The molecule has 2 heteroatoms. The monoisotopic (exact) mass is 215 g/mol. The maximum Gasteiger partial charge on any atom is 0.0533 e. The second-order valence-electron chi connectivity index (χ2n) is 5.79. The largest absolute Gasteiger partial charge is 0.384 e. The molecule has 1 unspecified atom stereocenters. The van der Waals surface area contributed by atoms with E-state index in [9.17, 15) is 0 Å². The first-order valence-corrected chi connectivity index (χ1v) is 5.97. The molecule has 92 valence electrons. The van der Waals surface area contributed by atoms with E-state index in [4.69, 9.17) is 4.74 Å². The molecule has 0 heterocycles. The minimum Gasteiger partial charge on any atom is -0.384 e. The maximum atomic E-state index is 5.44. The molecule has 0 spiro atoms. The molecule has 0 aromatic carbocycles. The number of ether oxygens (including phenoxy) is 1. The van der Waals surface area contributed by atoms with Crippen molar-refractivity contribution in [2.75, 3.05) is 34.4 Å². The molecule has 2 nitrogen and oxygen atoms in total.